The molecule has 2 aliphatic heterocycles. The van der Waals surface area contributed by atoms with Gasteiger partial charge in [-0.2, -0.15) is 4.57 Å². The summed E-state index contributed by atoms with van der Waals surface area (Å²) in [5.41, 5.74) is 9.74. The number of aromatic nitrogens is 1. The Balaban J connectivity index is 1.56. The van der Waals surface area contributed by atoms with Gasteiger partial charge in [-0.3, -0.25) is 0 Å². The van der Waals surface area contributed by atoms with Crippen molar-refractivity contribution in [3.63, 3.8) is 0 Å². The van der Waals surface area contributed by atoms with Crippen LogP contribution >= 0.6 is 0 Å². The molecule has 0 amide bonds. The van der Waals surface area contributed by atoms with Crippen molar-refractivity contribution in [3.8, 4) is 11.3 Å². The summed E-state index contributed by atoms with van der Waals surface area (Å²) in [5.74, 6) is 1.46. The summed E-state index contributed by atoms with van der Waals surface area (Å²) in [6.07, 6.45) is 19.1. The Morgan fingerprint density at radius 3 is 2.86 bits per heavy atom. The smallest absolute Gasteiger partial charge is 0.213 e. The Bertz CT molecular complexity index is 1230. The fourth-order valence-electron chi connectivity index (χ4n) is 6.58. The van der Waals surface area contributed by atoms with Crippen LogP contribution in [-0.4, -0.2) is 12.6 Å². The quantitative estimate of drug-likeness (QED) is 0.342. The largest absolute Gasteiger partial charge is 0.307 e. The highest BCUT2D eigenvalue weighted by molar-refractivity contribution is 5.75. The number of hydrogen-bond donors (Lipinski definition) is 1. The molecule has 5 rings (SSSR count). The number of allylic oxidation sites excluding steroid dienone is 5. The van der Waals surface area contributed by atoms with E-state index in [1.54, 1.807) is 0 Å². The van der Waals surface area contributed by atoms with Gasteiger partial charge in [0.15, 0.2) is 12.7 Å². The van der Waals surface area contributed by atoms with Crippen LogP contribution in [0.4, 0.5) is 0 Å². The number of nitrogens with one attached hydrogen (secondary N) is 1. The monoisotopic (exact) mass is 477 g/mol. The summed E-state index contributed by atoms with van der Waals surface area (Å²) >= 11 is 0. The number of fused-ring (bicyclic) bond motifs is 3. The summed E-state index contributed by atoms with van der Waals surface area (Å²) in [6.45, 7) is 15.4. The molecule has 2 nitrogen and oxygen atoms in total. The molecule has 4 unspecified atom stereocenters. The fraction of sp³-hybridized carbons (Fsp3) is 0.382. The molecule has 0 saturated carbocycles. The summed E-state index contributed by atoms with van der Waals surface area (Å²) in [4.78, 5) is 0. The molecule has 2 aromatic rings. The van der Waals surface area contributed by atoms with Gasteiger partial charge in [-0.25, -0.2) is 0 Å². The minimum Gasteiger partial charge on any atom is -0.307 e. The van der Waals surface area contributed by atoms with E-state index in [4.69, 9.17) is 0 Å². The molecular formula is C34H41N2+. The molecule has 0 radical (unpaired) electrons. The molecule has 4 atom stereocenters. The van der Waals surface area contributed by atoms with Gasteiger partial charge in [0.05, 0.1) is 0 Å². The van der Waals surface area contributed by atoms with E-state index in [-0.39, 0.29) is 6.04 Å². The molecule has 36 heavy (non-hydrogen) atoms. The van der Waals surface area contributed by atoms with Gasteiger partial charge < -0.3 is 5.32 Å². The molecular weight excluding hydrogens is 436 g/mol. The van der Waals surface area contributed by atoms with Crippen LogP contribution in [0.5, 0.6) is 0 Å². The van der Waals surface area contributed by atoms with Gasteiger partial charge in [0, 0.05) is 29.7 Å². The average Bonchev–Trinajstić information content (AvgIpc) is 2.89. The predicted octanol–water partition coefficient (Wildman–Crippen LogP) is 7.24. The van der Waals surface area contributed by atoms with Crippen molar-refractivity contribution in [2.24, 2.45) is 17.8 Å². The Morgan fingerprint density at radius 2 is 2.08 bits per heavy atom. The lowest BCUT2D eigenvalue weighted by molar-refractivity contribution is -0.694. The third kappa shape index (κ3) is 4.97. The summed E-state index contributed by atoms with van der Waals surface area (Å²) < 4.78 is 2.51. The van der Waals surface area contributed by atoms with Crippen molar-refractivity contribution < 1.29 is 4.57 Å². The molecule has 0 fully saturated rings. The lowest BCUT2D eigenvalue weighted by Gasteiger charge is -2.32. The van der Waals surface area contributed by atoms with Crippen molar-refractivity contribution in [2.75, 3.05) is 6.54 Å². The van der Waals surface area contributed by atoms with Crippen LogP contribution in [0.15, 0.2) is 97.3 Å². The third-order valence-electron chi connectivity index (χ3n) is 8.50. The molecule has 3 heterocycles. The number of pyridine rings is 1. The molecule has 186 valence electrons. The molecule has 1 aliphatic carbocycles. The second-order valence-electron chi connectivity index (χ2n) is 10.9. The number of aryl methyl sites for hydroxylation is 1. The van der Waals surface area contributed by atoms with Gasteiger partial charge in [0.25, 0.3) is 0 Å². The van der Waals surface area contributed by atoms with E-state index >= 15 is 0 Å². The highest BCUT2D eigenvalue weighted by Crippen LogP contribution is 2.37. The average molecular weight is 478 g/mol. The number of benzene rings is 1. The standard InChI is InChI=1S/C34H41N2/c1-5-11-30(26(4)32-16-8-9-20-35-32)29-18-17-27-14-6-7-15-31(27)33-22-28(19-21-36(33)23-29)34-24(2)12-10-13-25(34)3/h5-8,10,12,14-16,19,21-22,25,29-30,32,35H,1,4,9,11,13,17-18,20,23H2,2-3H3/q+1. The van der Waals surface area contributed by atoms with Crippen LogP contribution < -0.4 is 9.88 Å². The van der Waals surface area contributed by atoms with Gasteiger partial charge in [0.1, 0.15) is 0 Å². The van der Waals surface area contributed by atoms with Crippen LogP contribution in [0.3, 0.4) is 0 Å². The van der Waals surface area contributed by atoms with Crippen LogP contribution in [0.25, 0.3) is 16.8 Å². The van der Waals surface area contributed by atoms with Crippen molar-refractivity contribution in [1.29, 1.82) is 0 Å². The maximum absolute atomic E-state index is 4.64. The van der Waals surface area contributed by atoms with Crippen molar-refractivity contribution in [2.45, 2.75) is 58.5 Å². The van der Waals surface area contributed by atoms with Gasteiger partial charge in [0.2, 0.25) is 5.69 Å². The van der Waals surface area contributed by atoms with E-state index in [2.05, 4.69) is 110 Å². The summed E-state index contributed by atoms with van der Waals surface area (Å²) in [6, 6.07) is 14.1. The van der Waals surface area contributed by atoms with Crippen LogP contribution in [-0.2, 0) is 13.0 Å². The lowest BCUT2D eigenvalue weighted by atomic mass is 9.76. The van der Waals surface area contributed by atoms with E-state index in [1.165, 1.54) is 39.1 Å². The van der Waals surface area contributed by atoms with Gasteiger partial charge in [-0.1, -0.05) is 67.7 Å². The molecule has 0 bridgehead atoms. The van der Waals surface area contributed by atoms with Crippen LogP contribution in [0.1, 0.15) is 50.7 Å². The molecule has 1 aromatic heterocycles. The number of hydrogen-bond acceptors (Lipinski definition) is 1. The maximum Gasteiger partial charge on any atom is 0.213 e. The van der Waals surface area contributed by atoms with Crippen molar-refractivity contribution in [1.82, 2.24) is 5.32 Å². The van der Waals surface area contributed by atoms with Gasteiger partial charge >= 0.3 is 0 Å². The zero-order valence-corrected chi connectivity index (χ0v) is 22.0. The van der Waals surface area contributed by atoms with E-state index < -0.39 is 0 Å². The first-order valence-corrected chi connectivity index (χ1v) is 13.8. The molecule has 0 saturated heterocycles. The molecule has 1 N–H and O–H groups in total. The van der Waals surface area contributed by atoms with Crippen LogP contribution in [0, 0.1) is 17.8 Å². The fourth-order valence-corrected chi connectivity index (χ4v) is 6.58. The van der Waals surface area contributed by atoms with Gasteiger partial charge in [-0.15, -0.1) is 6.58 Å². The Kier molecular flexibility index (Phi) is 7.53. The SMILES string of the molecule is C=CCC(C(=C)C1C=CCCN1)C1CCc2ccccc2-c2cc(C3=C(C)C=CCC3C)cc[n+]2C1. The highest BCUT2D eigenvalue weighted by atomic mass is 15.0. The number of rotatable bonds is 6. The minimum atomic E-state index is 0.268. The first-order chi connectivity index (χ1) is 17.6. The van der Waals surface area contributed by atoms with Gasteiger partial charge in [-0.05, 0) is 85.7 Å². The lowest BCUT2D eigenvalue weighted by Crippen LogP contribution is -2.44. The predicted molar refractivity (Wildman–Crippen MR) is 152 cm³/mol. The van der Waals surface area contributed by atoms with E-state index in [9.17, 15) is 0 Å². The second kappa shape index (κ2) is 11.0. The van der Waals surface area contributed by atoms with E-state index in [0.29, 0.717) is 17.8 Å². The number of nitrogens with zero attached hydrogens (tertiary/aromatic N) is 1. The first-order valence-electron chi connectivity index (χ1n) is 13.8. The zero-order chi connectivity index (χ0) is 25.1. The Labute approximate surface area is 217 Å². The minimum absolute atomic E-state index is 0.268. The topological polar surface area (TPSA) is 15.9 Å². The van der Waals surface area contributed by atoms with E-state index in [1.807, 2.05) is 0 Å². The molecule has 0 spiro atoms. The first kappa shape index (κ1) is 24.7. The molecule has 3 aliphatic rings. The summed E-state index contributed by atoms with van der Waals surface area (Å²) in [7, 11) is 0. The second-order valence-corrected chi connectivity index (χ2v) is 10.9. The molecule has 2 heteroatoms. The summed E-state index contributed by atoms with van der Waals surface area (Å²) in [5, 5.41) is 3.67. The Morgan fingerprint density at radius 1 is 1.22 bits per heavy atom. The zero-order valence-electron chi connectivity index (χ0n) is 22.0. The normalized spacial score (nSPS) is 24.3. The van der Waals surface area contributed by atoms with Crippen LogP contribution in [0.2, 0.25) is 0 Å². The Hall–Kier alpha value is -2.97. The maximum atomic E-state index is 4.64. The van der Waals surface area contributed by atoms with Crippen molar-refractivity contribution >= 4 is 5.57 Å². The van der Waals surface area contributed by atoms with E-state index in [0.717, 1.165) is 45.2 Å². The third-order valence-corrected chi connectivity index (χ3v) is 8.50. The molecule has 1 aromatic carbocycles. The van der Waals surface area contributed by atoms with Crippen molar-refractivity contribution in [3.05, 3.63) is 108 Å². The highest BCUT2D eigenvalue weighted by Gasteiger charge is 2.33.